The molecule has 1 aliphatic rings. The summed E-state index contributed by atoms with van der Waals surface area (Å²) in [5, 5.41) is 10.7. The van der Waals surface area contributed by atoms with Crippen molar-refractivity contribution in [2.45, 2.75) is 31.4 Å². The molecule has 0 amide bonds. The fourth-order valence-electron chi connectivity index (χ4n) is 2.17. The lowest BCUT2D eigenvalue weighted by Gasteiger charge is -2.06. The lowest BCUT2D eigenvalue weighted by molar-refractivity contribution is 0.350. The highest BCUT2D eigenvalue weighted by atomic mass is 32.2. The summed E-state index contributed by atoms with van der Waals surface area (Å²) >= 11 is 3.83. The summed E-state index contributed by atoms with van der Waals surface area (Å²) in [4.78, 5) is 1.40. The van der Waals surface area contributed by atoms with Crippen molar-refractivity contribution in [2.24, 2.45) is 5.92 Å². The minimum absolute atomic E-state index is 0.0540. The predicted molar refractivity (Wildman–Crippen MR) is 76.4 cm³/mol. The Balaban J connectivity index is 1.73. The van der Waals surface area contributed by atoms with E-state index in [1.54, 1.807) is 11.3 Å². The SMILES string of the molecule is OCC#Cc1csc(CSCC2CCCC2)c1. The van der Waals surface area contributed by atoms with E-state index in [0.717, 1.165) is 17.2 Å². The van der Waals surface area contributed by atoms with E-state index in [-0.39, 0.29) is 6.61 Å². The van der Waals surface area contributed by atoms with E-state index in [1.165, 1.54) is 36.3 Å². The maximum absolute atomic E-state index is 8.62. The van der Waals surface area contributed by atoms with Crippen molar-refractivity contribution in [2.75, 3.05) is 12.4 Å². The second kappa shape index (κ2) is 7.10. The molecule has 0 unspecified atom stereocenters. The van der Waals surface area contributed by atoms with Crippen LogP contribution in [0.4, 0.5) is 0 Å². The molecule has 3 heteroatoms. The molecule has 1 aromatic heterocycles. The fraction of sp³-hybridized carbons (Fsp3) is 0.571. The molecule has 1 nitrogen and oxygen atoms in total. The van der Waals surface area contributed by atoms with Gasteiger partial charge in [-0.3, -0.25) is 0 Å². The van der Waals surface area contributed by atoms with Crippen LogP contribution < -0.4 is 0 Å². The average molecular weight is 266 g/mol. The quantitative estimate of drug-likeness (QED) is 0.842. The zero-order valence-electron chi connectivity index (χ0n) is 9.95. The molecule has 1 heterocycles. The third kappa shape index (κ3) is 4.39. The van der Waals surface area contributed by atoms with E-state index in [2.05, 4.69) is 35.0 Å². The predicted octanol–water partition coefficient (Wildman–Crippen LogP) is 3.52. The Morgan fingerprint density at radius 1 is 1.41 bits per heavy atom. The average Bonchev–Trinajstić information content (AvgIpc) is 2.98. The van der Waals surface area contributed by atoms with Gasteiger partial charge in [0.05, 0.1) is 0 Å². The van der Waals surface area contributed by atoms with Crippen LogP contribution in [0.15, 0.2) is 11.4 Å². The largest absolute Gasteiger partial charge is 0.384 e. The van der Waals surface area contributed by atoms with E-state index < -0.39 is 0 Å². The van der Waals surface area contributed by atoms with E-state index in [4.69, 9.17) is 5.11 Å². The molecule has 1 saturated carbocycles. The van der Waals surface area contributed by atoms with Crippen molar-refractivity contribution in [3.05, 3.63) is 21.9 Å². The van der Waals surface area contributed by atoms with Gasteiger partial charge in [-0.05, 0) is 30.6 Å². The first-order valence-corrected chi connectivity index (χ1v) is 8.17. The second-order valence-electron chi connectivity index (χ2n) is 4.43. The van der Waals surface area contributed by atoms with Crippen molar-refractivity contribution in [1.29, 1.82) is 0 Å². The Bertz CT molecular complexity index is 394. The summed E-state index contributed by atoms with van der Waals surface area (Å²) in [5.74, 6) is 9.03. The third-order valence-corrected chi connectivity index (χ3v) is 5.38. The standard InChI is InChI=1S/C14H18OS2/c15-7-3-6-13-8-14(17-10-13)11-16-9-12-4-1-2-5-12/h8,10,12,15H,1-2,4-5,7,9,11H2. The molecule has 0 aromatic carbocycles. The molecule has 2 rings (SSSR count). The molecule has 1 aliphatic carbocycles. The van der Waals surface area contributed by atoms with Crippen LogP contribution in [-0.4, -0.2) is 17.5 Å². The van der Waals surface area contributed by atoms with Gasteiger partial charge in [0.15, 0.2) is 0 Å². The van der Waals surface area contributed by atoms with Crippen molar-refractivity contribution in [1.82, 2.24) is 0 Å². The third-order valence-electron chi connectivity index (χ3n) is 3.04. The topological polar surface area (TPSA) is 20.2 Å². The molecule has 92 valence electrons. The zero-order chi connectivity index (χ0) is 11.9. The molecular formula is C14H18OS2. The van der Waals surface area contributed by atoms with Crippen LogP contribution in [0.25, 0.3) is 0 Å². The monoisotopic (exact) mass is 266 g/mol. The smallest absolute Gasteiger partial charge is 0.104 e. The minimum Gasteiger partial charge on any atom is -0.384 e. The first-order valence-electron chi connectivity index (χ1n) is 6.13. The molecule has 17 heavy (non-hydrogen) atoms. The Hall–Kier alpha value is -0.430. The van der Waals surface area contributed by atoms with Gasteiger partial charge in [-0.15, -0.1) is 11.3 Å². The van der Waals surface area contributed by atoms with Crippen LogP contribution in [0.2, 0.25) is 0 Å². The van der Waals surface area contributed by atoms with Crippen LogP contribution in [-0.2, 0) is 5.75 Å². The molecule has 1 N–H and O–H groups in total. The molecule has 0 saturated heterocycles. The number of thiophene rings is 1. The zero-order valence-corrected chi connectivity index (χ0v) is 11.6. The molecule has 0 spiro atoms. The summed E-state index contributed by atoms with van der Waals surface area (Å²) < 4.78 is 0. The Morgan fingerprint density at radius 3 is 3.00 bits per heavy atom. The lowest BCUT2D eigenvalue weighted by Crippen LogP contribution is -1.96. The van der Waals surface area contributed by atoms with E-state index >= 15 is 0 Å². The summed E-state index contributed by atoms with van der Waals surface area (Å²) in [6.07, 6.45) is 5.74. The maximum atomic E-state index is 8.62. The van der Waals surface area contributed by atoms with Crippen LogP contribution >= 0.6 is 23.1 Å². The Kier molecular flexibility index (Phi) is 5.44. The molecule has 1 fully saturated rings. The van der Waals surface area contributed by atoms with Crippen LogP contribution in [0.1, 0.15) is 36.1 Å². The van der Waals surface area contributed by atoms with Gasteiger partial charge in [-0.25, -0.2) is 0 Å². The van der Waals surface area contributed by atoms with Crippen molar-refractivity contribution in [3.63, 3.8) is 0 Å². The number of hydrogen-bond donors (Lipinski definition) is 1. The summed E-state index contributed by atoms with van der Waals surface area (Å²) in [5.41, 5.74) is 1.04. The van der Waals surface area contributed by atoms with Gasteiger partial charge in [-0.1, -0.05) is 24.7 Å². The van der Waals surface area contributed by atoms with Crippen LogP contribution in [0, 0.1) is 17.8 Å². The normalized spacial score (nSPS) is 15.8. The van der Waals surface area contributed by atoms with Gasteiger partial charge in [-0.2, -0.15) is 11.8 Å². The number of aliphatic hydroxyl groups excluding tert-OH is 1. The van der Waals surface area contributed by atoms with Crippen molar-refractivity contribution < 1.29 is 5.11 Å². The highest BCUT2D eigenvalue weighted by molar-refractivity contribution is 7.98. The molecule has 0 aliphatic heterocycles. The number of aliphatic hydroxyl groups is 1. The maximum Gasteiger partial charge on any atom is 0.104 e. The molecule has 1 aromatic rings. The minimum atomic E-state index is -0.0540. The molecule has 0 radical (unpaired) electrons. The van der Waals surface area contributed by atoms with Crippen LogP contribution in [0.3, 0.4) is 0 Å². The first-order chi connectivity index (χ1) is 8.38. The van der Waals surface area contributed by atoms with E-state index in [9.17, 15) is 0 Å². The molecule has 0 atom stereocenters. The van der Waals surface area contributed by atoms with Crippen LogP contribution in [0.5, 0.6) is 0 Å². The molecular weight excluding hydrogens is 248 g/mol. The highest BCUT2D eigenvalue weighted by Crippen LogP contribution is 2.29. The van der Waals surface area contributed by atoms with Gasteiger partial charge in [0, 0.05) is 21.6 Å². The van der Waals surface area contributed by atoms with Gasteiger partial charge >= 0.3 is 0 Å². The van der Waals surface area contributed by atoms with Gasteiger partial charge in [0.25, 0.3) is 0 Å². The number of rotatable bonds is 4. The van der Waals surface area contributed by atoms with Gasteiger partial charge in [0.1, 0.15) is 6.61 Å². The van der Waals surface area contributed by atoms with E-state index in [0.29, 0.717) is 0 Å². The summed E-state index contributed by atoms with van der Waals surface area (Å²) in [7, 11) is 0. The van der Waals surface area contributed by atoms with Crippen molar-refractivity contribution >= 4 is 23.1 Å². The number of hydrogen-bond acceptors (Lipinski definition) is 3. The van der Waals surface area contributed by atoms with Crippen molar-refractivity contribution in [3.8, 4) is 11.8 Å². The number of thioether (sulfide) groups is 1. The summed E-state index contributed by atoms with van der Waals surface area (Å²) in [6.45, 7) is -0.0540. The first kappa shape index (κ1) is 13.0. The lowest BCUT2D eigenvalue weighted by atomic mass is 10.1. The van der Waals surface area contributed by atoms with E-state index in [1.807, 2.05) is 0 Å². The summed E-state index contributed by atoms with van der Waals surface area (Å²) in [6, 6.07) is 2.15. The molecule has 0 bridgehead atoms. The van der Waals surface area contributed by atoms with Gasteiger partial charge < -0.3 is 5.11 Å². The highest BCUT2D eigenvalue weighted by Gasteiger charge is 2.14. The Labute approximate surface area is 112 Å². The Morgan fingerprint density at radius 2 is 2.24 bits per heavy atom. The van der Waals surface area contributed by atoms with Gasteiger partial charge in [0.2, 0.25) is 0 Å². The second-order valence-corrected chi connectivity index (χ2v) is 6.45. The fourth-order valence-corrected chi connectivity index (χ4v) is 4.36.